The Hall–Kier alpha value is -2.83. The zero-order valence-corrected chi connectivity index (χ0v) is 24.5. The van der Waals surface area contributed by atoms with Crippen LogP contribution in [0.3, 0.4) is 0 Å². The van der Waals surface area contributed by atoms with Crippen LogP contribution in [0, 0.1) is 5.92 Å². The molecular weight excluding hydrogens is 478 g/mol. The predicted octanol–water partition coefficient (Wildman–Crippen LogP) is 6.39. The summed E-state index contributed by atoms with van der Waals surface area (Å²) < 4.78 is 5.39. The quantitative estimate of drug-likeness (QED) is 0.349. The summed E-state index contributed by atoms with van der Waals surface area (Å²) in [5.41, 5.74) is 0.912. The van der Waals surface area contributed by atoms with Crippen molar-refractivity contribution in [1.82, 2.24) is 15.5 Å². The molecule has 3 atom stereocenters. The van der Waals surface area contributed by atoms with Crippen molar-refractivity contribution in [3.63, 3.8) is 0 Å². The van der Waals surface area contributed by atoms with Crippen molar-refractivity contribution in [2.24, 2.45) is 5.92 Å². The lowest BCUT2D eigenvalue weighted by Crippen LogP contribution is -2.55. The van der Waals surface area contributed by atoms with Gasteiger partial charge in [-0.25, -0.2) is 4.79 Å². The number of hydrogen-bond donors (Lipinski definition) is 2. The molecule has 1 aromatic rings. The molecule has 0 heterocycles. The van der Waals surface area contributed by atoms with E-state index >= 15 is 0 Å². The Balaban J connectivity index is 2.47. The van der Waals surface area contributed by atoms with Gasteiger partial charge in [0.1, 0.15) is 17.7 Å². The zero-order chi connectivity index (χ0) is 28.5. The number of alkyl carbamates (subject to hydrolysis) is 1. The summed E-state index contributed by atoms with van der Waals surface area (Å²) in [6, 6.07) is 5.76. The van der Waals surface area contributed by atoms with E-state index in [-0.39, 0.29) is 23.9 Å². The summed E-state index contributed by atoms with van der Waals surface area (Å²) in [4.78, 5) is 42.2. The van der Waals surface area contributed by atoms with E-state index in [0.717, 1.165) is 49.7 Å². The molecule has 38 heavy (non-hydrogen) atoms. The summed E-state index contributed by atoms with van der Waals surface area (Å²) in [5.74, 6) is -0.0578. The number of benzene rings is 1. The highest BCUT2D eigenvalue weighted by Gasteiger charge is 2.38. The van der Waals surface area contributed by atoms with E-state index in [1.807, 2.05) is 31.2 Å². The summed E-state index contributed by atoms with van der Waals surface area (Å²) in [6.45, 7) is 17.1. The van der Waals surface area contributed by atoms with Crippen molar-refractivity contribution < 1.29 is 19.1 Å². The van der Waals surface area contributed by atoms with Gasteiger partial charge in [-0.15, -0.1) is 0 Å². The molecule has 7 heteroatoms. The average Bonchev–Trinajstić information content (AvgIpc) is 2.84. The molecule has 1 saturated carbocycles. The van der Waals surface area contributed by atoms with Crippen molar-refractivity contribution in [2.45, 2.75) is 123 Å². The third-order valence-corrected chi connectivity index (χ3v) is 6.94. The van der Waals surface area contributed by atoms with Crippen LogP contribution in [0.2, 0.25) is 0 Å². The van der Waals surface area contributed by atoms with Gasteiger partial charge in [-0.05, 0) is 83.4 Å². The SMILES string of the molecule is C=Cc1cccc(C(C(=O)NC2CCCCC2)N(C(=O)C(C)NC(=O)OC(C)(C)C)C(C)CCC(C)C)c1. The third-order valence-electron chi connectivity index (χ3n) is 6.94. The Morgan fingerprint density at radius 3 is 2.32 bits per heavy atom. The molecular formula is C31H49N3O4. The maximum absolute atomic E-state index is 14.1. The maximum atomic E-state index is 14.1. The number of rotatable bonds is 11. The summed E-state index contributed by atoms with van der Waals surface area (Å²) in [5, 5.41) is 5.94. The number of carbonyl (C=O) groups excluding carboxylic acids is 3. The lowest BCUT2D eigenvalue weighted by atomic mass is 9.93. The first-order chi connectivity index (χ1) is 17.8. The van der Waals surface area contributed by atoms with Crippen LogP contribution in [0.15, 0.2) is 30.8 Å². The van der Waals surface area contributed by atoms with Crippen LogP contribution in [-0.4, -0.2) is 46.5 Å². The largest absolute Gasteiger partial charge is 0.444 e. The lowest BCUT2D eigenvalue weighted by Gasteiger charge is -2.39. The Bertz CT molecular complexity index is 947. The standard InChI is InChI=1S/C31H49N3O4/c1-9-24-14-13-15-25(20-24)27(28(35)33-26-16-11-10-12-17-26)34(22(4)19-18-21(2)3)29(36)23(5)32-30(37)38-31(6,7)8/h9,13-15,20-23,26-27H,1,10-12,16-19H2,2-8H3,(H,32,37)(H,33,35). The van der Waals surface area contributed by atoms with Crippen LogP contribution in [0.1, 0.15) is 111 Å². The summed E-state index contributed by atoms with van der Waals surface area (Å²) in [7, 11) is 0. The van der Waals surface area contributed by atoms with Gasteiger partial charge in [-0.1, -0.05) is 64.0 Å². The molecule has 212 valence electrons. The molecule has 1 aliphatic rings. The van der Waals surface area contributed by atoms with Crippen LogP contribution in [0.25, 0.3) is 6.08 Å². The van der Waals surface area contributed by atoms with E-state index in [1.165, 1.54) is 6.42 Å². The normalized spacial score (nSPS) is 16.7. The first-order valence-corrected chi connectivity index (χ1v) is 14.2. The zero-order valence-electron chi connectivity index (χ0n) is 24.5. The first kappa shape index (κ1) is 31.4. The minimum Gasteiger partial charge on any atom is -0.444 e. The van der Waals surface area contributed by atoms with E-state index in [4.69, 9.17) is 4.74 Å². The number of nitrogens with one attached hydrogen (secondary N) is 2. The molecule has 0 aromatic heterocycles. The molecule has 1 fully saturated rings. The lowest BCUT2D eigenvalue weighted by molar-refractivity contribution is -0.145. The van der Waals surface area contributed by atoms with Crippen LogP contribution in [0.5, 0.6) is 0 Å². The van der Waals surface area contributed by atoms with Crippen molar-refractivity contribution in [2.75, 3.05) is 0 Å². The van der Waals surface area contributed by atoms with Gasteiger partial charge in [0.15, 0.2) is 0 Å². The fourth-order valence-corrected chi connectivity index (χ4v) is 4.90. The highest BCUT2D eigenvalue weighted by atomic mass is 16.6. The number of carbonyl (C=O) groups is 3. The number of amides is 3. The Morgan fingerprint density at radius 1 is 1.08 bits per heavy atom. The fourth-order valence-electron chi connectivity index (χ4n) is 4.90. The van der Waals surface area contributed by atoms with Crippen molar-refractivity contribution >= 4 is 24.0 Å². The Kier molecular flexibility index (Phi) is 11.9. The van der Waals surface area contributed by atoms with Gasteiger partial charge in [0.05, 0.1) is 0 Å². The average molecular weight is 528 g/mol. The van der Waals surface area contributed by atoms with Gasteiger partial charge in [0.2, 0.25) is 11.8 Å². The van der Waals surface area contributed by atoms with Crippen LogP contribution >= 0.6 is 0 Å². The first-order valence-electron chi connectivity index (χ1n) is 14.2. The van der Waals surface area contributed by atoms with Gasteiger partial charge in [-0.3, -0.25) is 9.59 Å². The van der Waals surface area contributed by atoms with Crippen molar-refractivity contribution in [1.29, 1.82) is 0 Å². The summed E-state index contributed by atoms with van der Waals surface area (Å²) >= 11 is 0. The summed E-state index contributed by atoms with van der Waals surface area (Å²) in [6.07, 6.45) is 7.96. The molecule has 0 radical (unpaired) electrons. The molecule has 0 spiro atoms. The highest BCUT2D eigenvalue weighted by molar-refractivity contribution is 5.92. The third kappa shape index (κ3) is 9.80. The van der Waals surface area contributed by atoms with Gasteiger partial charge in [-0.2, -0.15) is 0 Å². The highest BCUT2D eigenvalue weighted by Crippen LogP contribution is 2.29. The van der Waals surface area contributed by atoms with Crippen LogP contribution in [0.4, 0.5) is 4.79 Å². The van der Waals surface area contributed by atoms with Crippen molar-refractivity contribution in [3.05, 3.63) is 42.0 Å². The molecule has 1 aliphatic carbocycles. The molecule has 0 bridgehead atoms. The molecule has 0 aliphatic heterocycles. The molecule has 2 N–H and O–H groups in total. The van der Waals surface area contributed by atoms with Gasteiger partial charge in [0.25, 0.3) is 0 Å². The minimum absolute atomic E-state index is 0.0987. The smallest absolute Gasteiger partial charge is 0.408 e. The second kappa shape index (κ2) is 14.4. The Morgan fingerprint density at radius 2 is 1.74 bits per heavy atom. The fraction of sp³-hybridized carbons (Fsp3) is 0.645. The molecule has 3 unspecified atom stereocenters. The van der Waals surface area contributed by atoms with E-state index in [0.29, 0.717) is 5.92 Å². The molecule has 3 amide bonds. The minimum atomic E-state index is -0.876. The monoisotopic (exact) mass is 527 g/mol. The van der Waals surface area contributed by atoms with E-state index in [9.17, 15) is 14.4 Å². The van der Waals surface area contributed by atoms with Gasteiger partial charge in [0, 0.05) is 12.1 Å². The van der Waals surface area contributed by atoms with Gasteiger partial charge < -0.3 is 20.3 Å². The maximum Gasteiger partial charge on any atom is 0.408 e. The van der Waals surface area contributed by atoms with E-state index in [2.05, 4.69) is 31.1 Å². The number of hydrogen-bond acceptors (Lipinski definition) is 4. The molecule has 0 saturated heterocycles. The second-order valence-electron chi connectivity index (χ2n) is 12.1. The van der Waals surface area contributed by atoms with E-state index < -0.39 is 23.8 Å². The predicted molar refractivity (Wildman–Crippen MR) is 154 cm³/mol. The topological polar surface area (TPSA) is 87.7 Å². The number of ether oxygens (including phenoxy) is 1. The van der Waals surface area contributed by atoms with E-state index in [1.54, 1.807) is 38.7 Å². The Labute approximate surface area is 229 Å². The molecule has 2 rings (SSSR count). The van der Waals surface area contributed by atoms with Gasteiger partial charge >= 0.3 is 6.09 Å². The number of nitrogens with zero attached hydrogens (tertiary/aromatic N) is 1. The van der Waals surface area contributed by atoms with Crippen molar-refractivity contribution in [3.8, 4) is 0 Å². The second-order valence-corrected chi connectivity index (χ2v) is 12.1. The molecule has 7 nitrogen and oxygen atoms in total. The van der Waals surface area contributed by atoms with Crippen LogP contribution in [-0.2, 0) is 14.3 Å². The van der Waals surface area contributed by atoms with Crippen LogP contribution < -0.4 is 10.6 Å². The molecule has 1 aromatic carbocycles.